The predicted octanol–water partition coefficient (Wildman–Crippen LogP) is 3.28. The summed E-state index contributed by atoms with van der Waals surface area (Å²) in [5, 5.41) is 8.71. The molecule has 1 N–H and O–H groups in total. The molecule has 1 saturated carbocycles. The highest BCUT2D eigenvalue weighted by Crippen LogP contribution is 2.39. The molecule has 1 aromatic heterocycles. The first-order valence-corrected chi connectivity index (χ1v) is 6.95. The quantitative estimate of drug-likeness (QED) is 0.674. The van der Waals surface area contributed by atoms with E-state index in [-0.39, 0.29) is 5.78 Å². The standard InChI is InChI=1S/C17H15NO3/c19-16(10-17(20)21)14-3-1-2-12(8-14)13-6-7-18-15(9-13)11-4-5-11/h1-3,6-9,11H,4-5,10H2,(H,20,21). The van der Waals surface area contributed by atoms with Gasteiger partial charge in [-0.15, -0.1) is 0 Å². The Bertz CT molecular complexity index is 705. The third-order valence-corrected chi connectivity index (χ3v) is 3.61. The molecule has 1 fully saturated rings. The number of aromatic nitrogens is 1. The fourth-order valence-corrected chi connectivity index (χ4v) is 2.34. The Balaban J connectivity index is 1.90. The first-order chi connectivity index (χ1) is 10.1. The molecule has 21 heavy (non-hydrogen) atoms. The average Bonchev–Trinajstić information content (AvgIpc) is 3.31. The zero-order chi connectivity index (χ0) is 14.8. The van der Waals surface area contributed by atoms with Crippen molar-refractivity contribution in [3.63, 3.8) is 0 Å². The van der Waals surface area contributed by atoms with Crippen LogP contribution in [-0.4, -0.2) is 21.8 Å². The van der Waals surface area contributed by atoms with Crippen LogP contribution < -0.4 is 0 Å². The second kappa shape index (κ2) is 5.48. The number of carbonyl (C=O) groups excluding carboxylic acids is 1. The lowest BCUT2D eigenvalue weighted by molar-refractivity contribution is -0.135. The first kappa shape index (κ1) is 13.5. The van der Waals surface area contributed by atoms with Crippen molar-refractivity contribution in [2.45, 2.75) is 25.2 Å². The van der Waals surface area contributed by atoms with E-state index in [9.17, 15) is 9.59 Å². The molecule has 0 amide bonds. The molecule has 2 aromatic rings. The number of benzene rings is 1. The van der Waals surface area contributed by atoms with Crippen LogP contribution in [0.5, 0.6) is 0 Å². The molecular formula is C17H15NO3. The van der Waals surface area contributed by atoms with Gasteiger partial charge in [0.05, 0.1) is 0 Å². The van der Waals surface area contributed by atoms with E-state index in [1.807, 2.05) is 12.1 Å². The number of ketones is 1. The average molecular weight is 281 g/mol. The minimum Gasteiger partial charge on any atom is -0.481 e. The van der Waals surface area contributed by atoms with Crippen LogP contribution in [0.3, 0.4) is 0 Å². The molecule has 0 unspecified atom stereocenters. The maximum Gasteiger partial charge on any atom is 0.311 e. The lowest BCUT2D eigenvalue weighted by Crippen LogP contribution is -2.06. The molecule has 0 spiro atoms. The van der Waals surface area contributed by atoms with E-state index in [1.165, 1.54) is 12.8 Å². The van der Waals surface area contributed by atoms with Gasteiger partial charge in [0.15, 0.2) is 5.78 Å². The zero-order valence-electron chi connectivity index (χ0n) is 11.5. The minimum absolute atomic E-state index is 0.374. The van der Waals surface area contributed by atoms with E-state index in [4.69, 9.17) is 5.11 Å². The van der Waals surface area contributed by atoms with Gasteiger partial charge in [0.2, 0.25) is 0 Å². The van der Waals surface area contributed by atoms with Crippen LogP contribution in [0.2, 0.25) is 0 Å². The summed E-state index contributed by atoms with van der Waals surface area (Å²) < 4.78 is 0. The second-order valence-corrected chi connectivity index (χ2v) is 5.32. The van der Waals surface area contributed by atoms with Crippen molar-refractivity contribution in [3.8, 4) is 11.1 Å². The van der Waals surface area contributed by atoms with Crippen molar-refractivity contribution in [2.24, 2.45) is 0 Å². The Labute approximate surface area is 122 Å². The first-order valence-electron chi connectivity index (χ1n) is 6.95. The van der Waals surface area contributed by atoms with Crippen LogP contribution in [0.15, 0.2) is 42.6 Å². The summed E-state index contributed by atoms with van der Waals surface area (Å²) in [4.78, 5) is 26.8. The summed E-state index contributed by atoms with van der Waals surface area (Å²) in [5.41, 5.74) is 3.45. The Kier molecular flexibility index (Phi) is 3.52. The monoisotopic (exact) mass is 281 g/mol. The van der Waals surface area contributed by atoms with E-state index >= 15 is 0 Å². The predicted molar refractivity (Wildman–Crippen MR) is 78.2 cm³/mol. The molecule has 106 valence electrons. The lowest BCUT2D eigenvalue weighted by atomic mass is 10.00. The van der Waals surface area contributed by atoms with Crippen LogP contribution in [0.1, 0.15) is 41.2 Å². The fourth-order valence-electron chi connectivity index (χ4n) is 2.34. The number of rotatable bonds is 5. The van der Waals surface area contributed by atoms with Gasteiger partial charge in [0.25, 0.3) is 0 Å². The van der Waals surface area contributed by atoms with Crippen molar-refractivity contribution < 1.29 is 14.7 Å². The molecule has 0 saturated heterocycles. The Morgan fingerprint density at radius 3 is 2.62 bits per heavy atom. The number of carbonyl (C=O) groups is 2. The Morgan fingerprint density at radius 1 is 1.14 bits per heavy atom. The highest BCUT2D eigenvalue weighted by Gasteiger charge is 2.25. The molecule has 4 nitrogen and oxygen atoms in total. The molecule has 0 aliphatic heterocycles. The van der Waals surface area contributed by atoms with Gasteiger partial charge >= 0.3 is 5.97 Å². The highest BCUT2D eigenvalue weighted by molar-refractivity contribution is 6.06. The van der Waals surface area contributed by atoms with Crippen LogP contribution in [0.4, 0.5) is 0 Å². The number of carboxylic acid groups (broad SMARTS) is 1. The SMILES string of the molecule is O=C(O)CC(=O)c1cccc(-c2ccnc(C3CC3)c2)c1. The summed E-state index contributed by atoms with van der Waals surface area (Å²) in [6, 6.07) is 11.1. The lowest BCUT2D eigenvalue weighted by Gasteiger charge is -2.06. The molecule has 3 rings (SSSR count). The van der Waals surface area contributed by atoms with Gasteiger partial charge in [0.1, 0.15) is 6.42 Å². The number of nitrogens with zero attached hydrogens (tertiary/aromatic N) is 1. The number of aliphatic carboxylic acids is 1. The van der Waals surface area contributed by atoms with Crippen LogP contribution in [0, 0.1) is 0 Å². The normalized spacial score (nSPS) is 13.9. The molecule has 0 bridgehead atoms. The summed E-state index contributed by atoms with van der Waals surface area (Å²) >= 11 is 0. The van der Waals surface area contributed by atoms with E-state index in [1.54, 1.807) is 24.4 Å². The number of carboxylic acids is 1. The van der Waals surface area contributed by atoms with E-state index in [2.05, 4.69) is 11.1 Å². The third kappa shape index (κ3) is 3.16. The van der Waals surface area contributed by atoms with Crippen molar-refractivity contribution >= 4 is 11.8 Å². The molecular weight excluding hydrogens is 266 g/mol. The van der Waals surface area contributed by atoms with E-state index < -0.39 is 12.4 Å². The number of pyridine rings is 1. The molecule has 4 heteroatoms. The summed E-state index contributed by atoms with van der Waals surface area (Å²) in [6.45, 7) is 0. The number of hydrogen-bond donors (Lipinski definition) is 1. The van der Waals surface area contributed by atoms with Gasteiger partial charge in [-0.3, -0.25) is 14.6 Å². The van der Waals surface area contributed by atoms with Gasteiger partial charge in [-0.25, -0.2) is 0 Å². The summed E-state index contributed by atoms with van der Waals surface area (Å²) in [5.74, 6) is -0.909. The number of hydrogen-bond acceptors (Lipinski definition) is 3. The third-order valence-electron chi connectivity index (χ3n) is 3.61. The zero-order valence-corrected chi connectivity index (χ0v) is 11.5. The topological polar surface area (TPSA) is 67.3 Å². The van der Waals surface area contributed by atoms with Crippen molar-refractivity contribution in [1.82, 2.24) is 4.98 Å². The largest absolute Gasteiger partial charge is 0.481 e. The molecule has 1 aromatic carbocycles. The Hall–Kier alpha value is -2.49. The molecule has 1 aliphatic carbocycles. The van der Waals surface area contributed by atoms with Gasteiger partial charge in [-0.2, -0.15) is 0 Å². The van der Waals surface area contributed by atoms with Crippen LogP contribution in [-0.2, 0) is 4.79 Å². The highest BCUT2D eigenvalue weighted by atomic mass is 16.4. The maximum absolute atomic E-state index is 11.8. The Morgan fingerprint density at radius 2 is 1.90 bits per heavy atom. The minimum atomic E-state index is -1.11. The van der Waals surface area contributed by atoms with Gasteiger partial charge < -0.3 is 5.11 Å². The van der Waals surface area contributed by atoms with Crippen molar-refractivity contribution in [3.05, 3.63) is 53.9 Å². The number of Topliss-reactive ketones (excluding diaryl/α,β-unsaturated/α-hetero) is 1. The van der Waals surface area contributed by atoms with Crippen LogP contribution >= 0.6 is 0 Å². The maximum atomic E-state index is 11.8. The van der Waals surface area contributed by atoms with Crippen molar-refractivity contribution in [1.29, 1.82) is 0 Å². The van der Waals surface area contributed by atoms with E-state index in [0.29, 0.717) is 11.5 Å². The smallest absolute Gasteiger partial charge is 0.311 e. The van der Waals surface area contributed by atoms with Crippen LogP contribution in [0.25, 0.3) is 11.1 Å². The summed E-state index contributed by atoms with van der Waals surface area (Å²) in [7, 11) is 0. The second-order valence-electron chi connectivity index (χ2n) is 5.32. The molecule has 1 aliphatic rings. The van der Waals surface area contributed by atoms with Gasteiger partial charge in [-0.1, -0.05) is 18.2 Å². The fraction of sp³-hybridized carbons (Fsp3) is 0.235. The van der Waals surface area contributed by atoms with Gasteiger partial charge in [0, 0.05) is 23.4 Å². The molecule has 0 radical (unpaired) electrons. The summed E-state index contributed by atoms with van der Waals surface area (Å²) in [6.07, 6.45) is 3.68. The van der Waals surface area contributed by atoms with E-state index in [0.717, 1.165) is 16.8 Å². The molecule has 0 atom stereocenters. The molecule has 1 heterocycles. The van der Waals surface area contributed by atoms with Gasteiger partial charge in [-0.05, 0) is 42.2 Å². The van der Waals surface area contributed by atoms with Crippen molar-refractivity contribution in [2.75, 3.05) is 0 Å².